The predicted molar refractivity (Wildman–Crippen MR) is 51.3 cm³/mol. The average molecular weight is 190 g/mol. The van der Waals surface area contributed by atoms with Crippen LogP contribution in [0.15, 0.2) is 0 Å². The Balaban J connectivity index is 3.20. The number of hydrogen-bond acceptors (Lipinski definition) is 2. The van der Waals surface area contributed by atoms with Gasteiger partial charge in [0.05, 0.1) is 13.2 Å². The van der Waals surface area contributed by atoms with Crippen LogP contribution in [-0.2, 0) is 4.79 Å². The van der Waals surface area contributed by atoms with Crippen molar-refractivity contribution in [3.63, 3.8) is 0 Å². The molecule has 0 aliphatic rings. The molecule has 0 heterocycles. The molecule has 0 unspecified atom stereocenters. The SMILES string of the molecule is CC(C)CNC(=O)CNCCCF. The summed E-state index contributed by atoms with van der Waals surface area (Å²) in [5.41, 5.74) is 0. The molecule has 0 rings (SSSR count). The van der Waals surface area contributed by atoms with Gasteiger partial charge >= 0.3 is 0 Å². The number of nitrogens with one attached hydrogen (secondary N) is 2. The van der Waals surface area contributed by atoms with Gasteiger partial charge in [0, 0.05) is 6.54 Å². The molecule has 0 spiro atoms. The minimum atomic E-state index is -0.333. The molecule has 0 radical (unpaired) electrons. The topological polar surface area (TPSA) is 41.1 Å². The summed E-state index contributed by atoms with van der Waals surface area (Å²) in [6.07, 6.45) is 0.470. The number of hydrogen-bond donors (Lipinski definition) is 2. The van der Waals surface area contributed by atoms with Gasteiger partial charge in [-0.1, -0.05) is 13.8 Å². The van der Waals surface area contributed by atoms with E-state index in [2.05, 4.69) is 10.6 Å². The van der Waals surface area contributed by atoms with Crippen molar-refractivity contribution in [1.29, 1.82) is 0 Å². The third-order valence-corrected chi connectivity index (χ3v) is 1.48. The van der Waals surface area contributed by atoms with Crippen molar-refractivity contribution in [2.45, 2.75) is 20.3 Å². The summed E-state index contributed by atoms with van der Waals surface area (Å²) in [4.78, 5) is 11.0. The minimum Gasteiger partial charge on any atom is -0.355 e. The van der Waals surface area contributed by atoms with Crippen LogP contribution in [0, 0.1) is 5.92 Å². The van der Waals surface area contributed by atoms with Crippen LogP contribution >= 0.6 is 0 Å². The third kappa shape index (κ3) is 9.27. The van der Waals surface area contributed by atoms with Crippen LogP contribution in [0.3, 0.4) is 0 Å². The quantitative estimate of drug-likeness (QED) is 0.580. The lowest BCUT2D eigenvalue weighted by molar-refractivity contribution is -0.120. The highest BCUT2D eigenvalue weighted by atomic mass is 19.1. The van der Waals surface area contributed by atoms with E-state index in [1.807, 2.05) is 13.8 Å². The molecule has 0 aromatic rings. The largest absolute Gasteiger partial charge is 0.355 e. The standard InChI is InChI=1S/C9H19FN2O/c1-8(2)6-12-9(13)7-11-5-3-4-10/h8,11H,3-7H2,1-2H3,(H,12,13). The first-order chi connectivity index (χ1) is 6.16. The van der Waals surface area contributed by atoms with Gasteiger partial charge in [-0.25, -0.2) is 0 Å². The maximum Gasteiger partial charge on any atom is 0.233 e. The Hall–Kier alpha value is -0.640. The van der Waals surface area contributed by atoms with E-state index < -0.39 is 0 Å². The van der Waals surface area contributed by atoms with Crippen molar-refractivity contribution in [2.75, 3.05) is 26.3 Å². The number of carbonyl (C=O) groups excluding carboxylic acids is 1. The second-order valence-electron chi connectivity index (χ2n) is 3.42. The summed E-state index contributed by atoms with van der Waals surface area (Å²) in [7, 11) is 0. The molecule has 0 aliphatic carbocycles. The van der Waals surface area contributed by atoms with Crippen LogP contribution in [-0.4, -0.2) is 32.2 Å². The number of alkyl halides is 1. The van der Waals surface area contributed by atoms with Crippen LogP contribution in [0.5, 0.6) is 0 Å². The van der Waals surface area contributed by atoms with Crippen molar-refractivity contribution in [3.8, 4) is 0 Å². The molecule has 3 nitrogen and oxygen atoms in total. The second kappa shape index (κ2) is 7.98. The highest BCUT2D eigenvalue weighted by Crippen LogP contribution is 1.86. The summed E-state index contributed by atoms with van der Waals surface area (Å²) in [5, 5.41) is 5.62. The second-order valence-corrected chi connectivity index (χ2v) is 3.42. The van der Waals surface area contributed by atoms with Crippen molar-refractivity contribution < 1.29 is 9.18 Å². The van der Waals surface area contributed by atoms with Gasteiger partial charge in [0.2, 0.25) is 5.91 Å². The third-order valence-electron chi connectivity index (χ3n) is 1.48. The fourth-order valence-corrected chi connectivity index (χ4v) is 0.774. The number of halogens is 1. The fourth-order valence-electron chi connectivity index (χ4n) is 0.774. The van der Waals surface area contributed by atoms with Crippen molar-refractivity contribution in [3.05, 3.63) is 0 Å². The average Bonchev–Trinajstić information content (AvgIpc) is 2.09. The van der Waals surface area contributed by atoms with Gasteiger partial charge in [-0.05, 0) is 18.9 Å². The normalized spacial score (nSPS) is 10.5. The van der Waals surface area contributed by atoms with Crippen LogP contribution < -0.4 is 10.6 Å². The molecular formula is C9H19FN2O. The Bertz CT molecular complexity index is 140. The summed E-state index contributed by atoms with van der Waals surface area (Å²) in [6.45, 7) is 5.29. The molecule has 0 saturated heterocycles. The van der Waals surface area contributed by atoms with Crippen LogP contribution in [0.1, 0.15) is 20.3 Å². The Morgan fingerprint density at radius 1 is 1.46 bits per heavy atom. The molecule has 0 atom stereocenters. The van der Waals surface area contributed by atoms with E-state index >= 15 is 0 Å². The Kier molecular flexibility index (Phi) is 7.59. The lowest BCUT2D eigenvalue weighted by Crippen LogP contribution is -2.36. The molecule has 0 aromatic carbocycles. The monoisotopic (exact) mass is 190 g/mol. The van der Waals surface area contributed by atoms with Crippen molar-refractivity contribution in [2.24, 2.45) is 5.92 Å². The number of carbonyl (C=O) groups is 1. The van der Waals surface area contributed by atoms with E-state index in [1.54, 1.807) is 0 Å². The highest BCUT2D eigenvalue weighted by molar-refractivity contribution is 5.77. The van der Waals surface area contributed by atoms with E-state index in [-0.39, 0.29) is 19.1 Å². The number of rotatable bonds is 7. The summed E-state index contributed by atoms with van der Waals surface area (Å²) in [6, 6.07) is 0. The summed E-state index contributed by atoms with van der Waals surface area (Å²) < 4.78 is 11.6. The zero-order valence-corrected chi connectivity index (χ0v) is 8.40. The van der Waals surface area contributed by atoms with Crippen molar-refractivity contribution >= 4 is 5.91 Å². The van der Waals surface area contributed by atoms with E-state index in [0.29, 0.717) is 25.4 Å². The van der Waals surface area contributed by atoms with Gasteiger partial charge in [-0.15, -0.1) is 0 Å². The molecule has 78 valence electrons. The zero-order valence-electron chi connectivity index (χ0n) is 8.40. The first-order valence-electron chi connectivity index (χ1n) is 4.70. The van der Waals surface area contributed by atoms with Gasteiger partial charge in [0.15, 0.2) is 0 Å². The predicted octanol–water partition coefficient (Wildman–Crippen LogP) is 0.708. The number of amides is 1. The van der Waals surface area contributed by atoms with Gasteiger partial charge in [-0.3, -0.25) is 9.18 Å². The summed E-state index contributed by atoms with van der Waals surface area (Å²) >= 11 is 0. The smallest absolute Gasteiger partial charge is 0.233 e. The lowest BCUT2D eigenvalue weighted by atomic mass is 10.2. The van der Waals surface area contributed by atoms with E-state index in [1.165, 1.54) is 0 Å². The lowest BCUT2D eigenvalue weighted by Gasteiger charge is -2.07. The maximum atomic E-state index is 11.6. The van der Waals surface area contributed by atoms with Crippen molar-refractivity contribution in [1.82, 2.24) is 10.6 Å². The highest BCUT2D eigenvalue weighted by Gasteiger charge is 2.00. The maximum absolute atomic E-state index is 11.6. The molecule has 0 saturated carbocycles. The Morgan fingerprint density at radius 3 is 2.69 bits per heavy atom. The van der Waals surface area contributed by atoms with Crippen LogP contribution in [0.4, 0.5) is 4.39 Å². The first-order valence-corrected chi connectivity index (χ1v) is 4.70. The van der Waals surface area contributed by atoms with Crippen LogP contribution in [0.2, 0.25) is 0 Å². The first kappa shape index (κ1) is 12.4. The Labute approximate surface area is 79.1 Å². The molecule has 2 N–H and O–H groups in total. The molecule has 0 fully saturated rings. The minimum absolute atomic E-state index is 0.0208. The van der Waals surface area contributed by atoms with E-state index in [9.17, 15) is 9.18 Å². The zero-order chi connectivity index (χ0) is 10.1. The van der Waals surface area contributed by atoms with Crippen LogP contribution in [0.25, 0.3) is 0 Å². The molecular weight excluding hydrogens is 171 g/mol. The fraction of sp³-hybridized carbons (Fsp3) is 0.889. The molecule has 0 aromatic heterocycles. The van der Waals surface area contributed by atoms with Gasteiger partial charge in [-0.2, -0.15) is 0 Å². The van der Waals surface area contributed by atoms with E-state index in [0.717, 1.165) is 0 Å². The molecule has 0 bridgehead atoms. The van der Waals surface area contributed by atoms with Gasteiger partial charge < -0.3 is 10.6 Å². The molecule has 1 amide bonds. The Morgan fingerprint density at radius 2 is 2.15 bits per heavy atom. The van der Waals surface area contributed by atoms with Gasteiger partial charge in [0.1, 0.15) is 0 Å². The molecule has 13 heavy (non-hydrogen) atoms. The van der Waals surface area contributed by atoms with E-state index in [4.69, 9.17) is 0 Å². The molecule has 0 aliphatic heterocycles. The summed E-state index contributed by atoms with van der Waals surface area (Å²) in [5.74, 6) is 0.447. The van der Waals surface area contributed by atoms with Gasteiger partial charge in [0.25, 0.3) is 0 Å². The molecule has 4 heteroatoms.